The lowest BCUT2D eigenvalue weighted by molar-refractivity contribution is -0.000666. The Kier molecular flexibility index (Phi) is 9.47. The third kappa shape index (κ3) is 6.47. The summed E-state index contributed by atoms with van der Waals surface area (Å²) in [5.74, 6) is 2.59. The minimum Gasteiger partial charge on any atom is -0.494 e. The number of likely N-dealkylation sites (tertiary alicyclic amines) is 1. The van der Waals surface area contributed by atoms with Crippen molar-refractivity contribution in [3.63, 3.8) is 0 Å². The average Bonchev–Trinajstić information content (AvgIpc) is 3.00. The molecule has 0 unspecified atom stereocenters. The zero-order chi connectivity index (χ0) is 30.8. The summed E-state index contributed by atoms with van der Waals surface area (Å²) in [5, 5.41) is 8.08. The zero-order valence-electron chi connectivity index (χ0n) is 26.0. The first-order chi connectivity index (χ1) is 21.3. The highest BCUT2D eigenvalue weighted by Gasteiger charge is 2.34. The first-order valence-electron chi connectivity index (χ1n) is 15.0. The van der Waals surface area contributed by atoms with Crippen LogP contribution in [0.25, 0.3) is 11.0 Å². The lowest BCUT2D eigenvalue weighted by Gasteiger charge is -2.47. The summed E-state index contributed by atoms with van der Waals surface area (Å²) in [6.45, 7) is 11.9. The highest BCUT2D eigenvalue weighted by molar-refractivity contribution is 9.10. The third-order valence-corrected chi connectivity index (χ3v) is 10.5. The number of piperidine rings is 1. The van der Waals surface area contributed by atoms with Crippen LogP contribution in [0.15, 0.2) is 47.3 Å². The monoisotopic (exact) mass is 678 g/mol. The van der Waals surface area contributed by atoms with Gasteiger partial charge in [-0.1, -0.05) is 7.92 Å². The molecule has 0 atom stereocenters. The van der Waals surface area contributed by atoms with E-state index in [9.17, 15) is 0 Å². The number of nitrogens with one attached hydrogen (secondary N) is 2. The van der Waals surface area contributed by atoms with Gasteiger partial charge in [0.25, 0.3) is 0 Å². The van der Waals surface area contributed by atoms with E-state index < -0.39 is 7.92 Å². The predicted molar refractivity (Wildman–Crippen MR) is 184 cm³/mol. The predicted octanol–water partition coefficient (Wildman–Crippen LogP) is 5.90. The number of anilines is 5. The van der Waals surface area contributed by atoms with Gasteiger partial charge in [-0.15, -0.1) is 0 Å². The Labute approximate surface area is 268 Å². The zero-order valence-corrected chi connectivity index (χ0v) is 28.5. The highest BCUT2D eigenvalue weighted by atomic mass is 79.9. The van der Waals surface area contributed by atoms with E-state index in [1.165, 1.54) is 24.1 Å². The van der Waals surface area contributed by atoms with E-state index in [-0.39, 0.29) is 0 Å². The van der Waals surface area contributed by atoms with Gasteiger partial charge in [0.05, 0.1) is 34.9 Å². The molecule has 0 aliphatic carbocycles. The van der Waals surface area contributed by atoms with Crippen molar-refractivity contribution in [2.75, 3.05) is 75.9 Å². The molecule has 2 aliphatic heterocycles. The lowest BCUT2D eigenvalue weighted by atomic mass is 9.93. The third-order valence-electron chi connectivity index (χ3n) is 8.53. The van der Waals surface area contributed by atoms with E-state index in [0.29, 0.717) is 23.7 Å². The van der Waals surface area contributed by atoms with Crippen LogP contribution in [0.4, 0.5) is 28.8 Å². The van der Waals surface area contributed by atoms with Gasteiger partial charge in [-0.3, -0.25) is 14.9 Å². The second-order valence-electron chi connectivity index (χ2n) is 11.8. The molecule has 2 aromatic carbocycles. The quantitative estimate of drug-likeness (QED) is 0.197. The summed E-state index contributed by atoms with van der Waals surface area (Å²) in [4.78, 5) is 23.6. The molecule has 2 fully saturated rings. The molecule has 10 nitrogen and oxygen atoms in total. The number of benzene rings is 2. The first kappa shape index (κ1) is 30.9. The van der Waals surface area contributed by atoms with E-state index in [4.69, 9.17) is 14.5 Å². The summed E-state index contributed by atoms with van der Waals surface area (Å²) in [7, 11) is 3.04. The lowest BCUT2D eigenvalue weighted by Crippen LogP contribution is -2.56. The first-order valence-corrected chi connectivity index (χ1v) is 18.0. The molecular formula is C32H40BrN8O2P. The van der Waals surface area contributed by atoms with Gasteiger partial charge in [-0.2, -0.15) is 4.98 Å². The van der Waals surface area contributed by atoms with Crippen molar-refractivity contribution >= 4 is 69.0 Å². The molecule has 6 rings (SSSR count). The Morgan fingerprint density at radius 1 is 1.00 bits per heavy atom. The van der Waals surface area contributed by atoms with Crippen LogP contribution in [-0.2, 0) is 4.74 Å². The fourth-order valence-corrected chi connectivity index (χ4v) is 7.84. The number of ether oxygens (including phenoxy) is 2. The summed E-state index contributed by atoms with van der Waals surface area (Å²) < 4.78 is 11.9. The Bertz CT molecular complexity index is 1630. The van der Waals surface area contributed by atoms with Crippen molar-refractivity contribution in [2.45, 2.75) is 25.8 Å². The van der Waals surface area contributed by atoms with Gasteiger partial charge in [0, 0.05) is 86.6 Å². The largest absolute Gasteiger partial charge is 0.494 e. The summed E-state index contributed by atoms with van der Waals surface area (Å²) in [6, 6.07) is 8.97. The van der Waals surface area contributed by atoms with Crippen molar-refractivity contribution in [1.29, 1.82) is 0 Å². The topological polar surface area (TPSA) is 101 Å². The summed E-state index contributed by atoms with van der Waals surface area (Å²) in [6.07, 6.45) is 7.57. The van der Waals surface area contributed by atoms with E-state index in [1.807, 2.05) is 12.1 Å². The number of aromatic nitrogens is 4. The molecule has 0 bridgehead atoms. The molecule has 0 saturated carbocycles. The SMILES string of the molecule is COCC1CN(C2CCN(c3cc(OC)c(Nc4ncc(Br)c(Nc5ccc6nccnc6c5P(C)C)n4)cc3C)CC2)C1. The maximum Gasteiger partial charge on any atom is 0.229 e. The Balaban J connectivity index is 1.18. The van der Waals surface area contributed by atoms with Crippen LogP contribution >= 0.6 is 23.9 Å². The minimum atomic E-state index is -0.463. The van der Waals surface area contributed by atoms with Crippen LogP contribution in [0.3, 0.4) is 0 Å². The highest BCUT2D eigenvalue weighted by Crippen LogP contribution is 2.38. The van der Waals surface area contributed by atoms with Crippen LogP contribution in [0.1, 0.15) is 18.4 Å². The molecule has 2 aliphatic rings. The van der Waals surface area contributed by atoms with Crippen LogP contribution in [-0.4, -0.2) is 91.2 Å². The maximum atomic E-state index is 5.86. The van der Waals surface area contributed by atoms with Gasteiger partial charge in [0.2, 0.25) is 5.95 Å². The van der Waals surface area contributed by atoms with E-state index in [0.717, 1.165) is 70.7 Å². The van der Waals surface area contributed by atoms with Gasteiger partial charge in [-0.05, 0) is 72.8 Å². The average molecular weight is 680 g/mol. The number of hydrogen-bond acceptors (Lipinski definition) is 10. The smallest absolute Gasteiger partial charge is 0.229 e. The molecule has 0 radical (unpaired) electrons. The Morgan fingerprint density at radius 2 is 1.77 bits per heavy atom. The van der Waals surface area contributed by atoms with Crippen LogP contribution in [0.2, 0.25) is 0 Å². The van der Waals surface area contributed by atoms with Gasteiger partial charge in [0.15, 0.2) is 0 Å². The van der Waals surface area contributed by atoms with Gasteiger partial charge in [-0.25, -0.2) is 4.98 Å². The second kappa shape index (κ2) is 13.5. The second-order valence-corrected chi connectivity index (χ2v) is 14.8. The van der Waals surface area contributed by atoms with Gasteiger partial charge in [0.1, 0.15) is 11.6 Å². The van der Waals surface area contributed by atoms with Crippen LogP contribution in [0.5, 0.6) is 5.75 Å². The maximum absolute atomic E-state index is 5.86. The number of nitrogens with zero attached hydrogens (tertiary/aromatic N) is 6. The van der Waals surface area contributed by atoms with Gasteiger partial charge < -0.3 is 25.0 Å². The Hall–Kier alpha value is -3.11. The molecular weight excluding hydrogens is 639 g/mol. The molecule has 2 saturated heterocycles. The minimum absolute atomic E-state index is 0.463. The van der Waals surface area contributed by atoms with Crippen molar-refractivity contribution in [3.05, 3.63) is 52.9 Å². The standard InChI is InChI=1S/C32H40BrN8O2P/c1-20-14-26(28(43-3)15-27(20)40-12-8-22(9-13-40)41-17-21(18-41)19-42-2)38-32-36-16-23(33)31(39-32)37-25-7-6-24-29(30(25)44(4)5)35-11-10-34-24/h6-7,10-11,14-16,21-22H,8-9,12-13,17-19H2,1-5H3,(H2,36,37,38,39). The molecule has 2 N–H and O–H groups in total. The van der Waals surface area contributed by atoms with Crippen molar-refractivity contribution in [1.82, 2.24) is 24.8 Å². The van der Waals surface area contributed by atoms with E-state index >= 15 is 0 Å². The molecule has 12 heteroatoms. The molecule has 0 amide bonds. The number of halogens is 1. The van der Waals surface area contributed by atoms with Crippen molar-refractivity contribution in [3.8, 4) is 5.75 Å². The number of hydrogen-bond donors (Lipinski definition) is 2. The molecule has 4 heterocycles. The van der Waals surface area contributed by atoms with Crippen molar-refractivity contribution < 1.29 is 9.47 Å². The molecule has 44 heavy (non-hydrogen) atoms. The van der Waals surface area contributed by atoms with Gasteiger partial charge >= 0.3 is 0 Å². The number of rotatable bonds is 10. The molecule has 2 aromatic heterocycles. The Morgan fingerprint density at radius 3 is 2.50 bits per heavy atom. The van der Waals surface area contributed by atoms with Crippen molar-refractivity contribution in [2.24, 2.45) is 5.92 Å². The number of fused-ring (bicyclic) bond motifs is 1. The van der Waals surface area contributed by atoms with E-state index in [1.54, 1.807) is 32.8 Å². The fourth-order valence-electron chi connectivity index (χ4n) is 6.34. The van der Waals surface area contributed by atoms with Crippen LogP contribution in [0, 0.1) is 12.8 Å². The molecule has 232 valence electrons. The van der Waals surface area contributed by atoms with Crippen LogP contribution < -0.4 is 25.6 Å². The fraction of sp³-hybridized carbons (Fsp3) is 0.438. The molecule has 4 aromatic rings. The number of methoxy groups -OCH3 is 2. The summed E-state index contributed by atoms with van der Waals surface area (Å²) >= 11 is 3.63. The molecule has 0 spiro atoms. The normalized spacial score (nSPS) is 16.4. The summed E-state index contributed by atoms with van der Waals surface area (Å²) in [5.41, 5.74) is 5.99. The van der Waals surface area contributed by atoms with E-state index in [2.05, 4.69) is 83.7 Å². The number of aryl methyl sites for hydroxylation is 1.